The molecule has 7 nitrogen and oxygen atoms in total. The molecule has 3 heterocycles. The standard InChI is InChI=1S/C30H31F3N6O/c1-19-5-4-8-38(15-19)16-20-9-24-25(26(10-20)30(31,32)33)17-39(27(24)40)23-7-3-6-22(11-23)29(12-21(13-29)14-34)28-36-35-18-37(28)2/h3,6-7,9-11,18-19,21H,4-5,8,12-13,15-17H2,1-2H3/t19-,21-,29+/m0/s1. The second-order valence-corrected chi connectivity index (χ2v) is 11.7. The van der Waals surface area contributed by atoms with E-state index in [1.165, 1.54) is 11.0 Å². The fraction of sp³-hybridized carbons (Fsp3) is 0.467. The number of benzene rings is 2. The number of rotatable bonds is 5. The van der Waals surface area contributed by atoms with Gasteiger partial charge >= 0.3 is 6.18 Å². The highest BCUT2D eigenvalue weighted by atomic mass is 19.4. The molecule has 1 aromatic heterocycles. The van der Waals surface area contributed by atoms with E-state index in [-0.39, 0.29) is 23.6 Å². The Labute approximate surface area is 231 Å². The van der Waals surface area contributed by atoms with E-state index < -0.39 is 23.1 Å². The Bertz CT molecular complexity index is 1500. The number of aryl methyl sites for hydroxylation is 1. The van der Waals surface area contributed by atoms with Gasteiger partial charge in [-0.3, -0.25) is 9.69 Å². The zero-order valence-corrected chi connectivity index (χ0v) is 22.6. The molecule has 0 unspecified atom stereocenters. The number of anilines is 1. The average Bonchev–Trinajstić information content (AvgIpc) is 3.46. The van der Waals surface area contributed by atoms with Crippen molar-refractivity contribution < 1.29 is 18.0 Å². The summed E-state index contributed by atoms with van der Waals surface area (Å²) in [6, 6.07) is 12.6. The predicted molar refractivity (Wildman–Crippen MR) is 142 cm³/mol. The first-order chi connectivity index (χ1) is 19.1. The van der Waals surface area contributed by atoms with Gasteiger partial charge in [0.25, 0.3) is 5.91 Å². The van der Waals surface area contributed by atoms with Crippen LogP contribution in [0.2, 0.25) is 0 Å². The molecule has 0 N–H and O–H groups in total. The molecule has 3 aliphatic rings. The number of hydrogen-bond acceptors (Lipinski definition) is 5. The molecular formula is C30H31F3N6O. The lowest BCUT2D eigenvalue weighted by Gasteiger charge is -2.44. The maximum absolute atomic E-state index is 14.3. The van der Waals surface area contributed by atoms with Crippen molar-refractivity contribution in [2.45, 2.75) is 57.3 Å². The largest absolute Gasteiger partial charge is 0.416 e. The van der Waals surface area contributed by atoms with Gasteiger partial charge in [-0.05, 0) is 79.1 Å². The molecule has 208 valence electrons. The van der Waals surface area contributed by atoms with Gasteiger partial charge in [0.2, 0.25) is 0 Å². The molecule has 2 fully saturated rings. The van der Waals surface area contributed by atoms with Gasteiger partial charge in [0.1, 0.15) is 12.2 Å². The summed E-state index contributed by atoms with van der Waals surface area (Å²) >= 11 is 0. The van der Waals surface area contributed by atoms with Gasteiger partial charge in [-0.25, -0.2) is 0 Å². The van der Waals surface area contributed by atoms with Gasteiger partial charge < -0.3 is 9.47 Å². The Morgan fingerprint density at radius 2 is 2.00 bits per heavy atom. The molecule has 2 aliphatic heterocycles. The van der Waals surface area contributed by atoms with Gasteiger partial charge in [0, 0.05) is 37.3 Å². The molecule has 2 aromatic carbocycles. The van der Waals surface area contributed by atoms with E-state index in [2.05, 4.69) is 28.1 Å². The molecule has 1 aliphatic carbocycles. The number of nitrogens with zero attached hydrogens (tertiary/aromatic N) is 6. The predicted octanol–water partition coefficient (Wildman–Crippen LogP) is 5.45. The molecule has 3 aromatic rings. The summed E-state index contributed by atoms with van der Waals surface area (Å²) in [4.78, 5) is 17.3. The Morgan fingerprint density at radius 1 is 1.20 bits per heavy atom. The molecule has 1 amide bonds. The fourth-order valence-electron chi connectivity index (χ4n) is 6.82. The molecule has 0 radical (unpaired) electrons. The first-order valence-corrected chi connectivity index (χ1v) is 13.7. The van der Waals surface area contributed by atoms with Crippen molar-refractivity contribution in [3.63, 3.8) is 0 Å². The average molecular weight is 549 g/mol. The lowest BCUT2D eigenvalue weighted by Crippen LogP contribution is -2.44. The number of aromatic nitrogens is 3. The van der Waals surface area contributed by atoms with Crippen molar-refractivity contribution in [1.82, 2.24) is 19.7 Å². The summed E-state index contributed by atoms with van der Waals surface area (Å²) in [6.45, 7) is 4.08. The summed E-state index contributed by atoms with van der Waals surface area (Å²) in [6.07, 6.45) is 0.306. The van der Waals surface area contributed by atoms with Crippen LogP contribution in [0.4, 0.5) is 18.9 Å². The van der Waals surface area contributed by atoms with Gasteiger partial charge in [-0.1, -0.05) is 19.1 Å². The van der Waals surface area contributed by atoms with Crippen molar-refractivity contribution >= 4 is 11.6 Å². The van der Waals surface area contributed by atoms with Crippen LogP contribution in [0.25, 0.3) is 0 Å². The summed E-state index contributed by atoms with van der Waals surface area (Å²) in [7, 11) is 1.85. The third kappa shape index (κ3) is 4.46. The monoisotopic (exact) mass is 548 g/mol. The maximum atomic E-state index is 14.3. The topological polar surface area (TPSA) is 78.1 Å². The second kappa shape index (κ2) is 9.73. The highest BCUT2D eigenvalue weighted by Crippen LogP contribution is 2.52. The molecule has 6 rings (SSSR count). The number of carbonyl (C=O) groups is 1. The highest BCUT2D eigenvalue weighted by molar-refractivity contribution is 6.10. The van der Waals surface area contributed by atoms with Crippen molar-refractivity contribution in [1.29, 1.82) is 5.26 Å². The number of halogens is 3. The molecular weight excluding hydrogens is 517 g/mol. The first kappa shape index (κ1) is 26.5. The van der Waals surface area contributed by atoms with Crippen LogP contribution in [0, 0.1) is 23.2 Å². The number of carbonyl (C=O) groups excluding carboxylic acids is 1. The Balaban J connectivity index is 1.35. The Kier molecular flexibility index (Phi) is 6.45. The number of amides is 1. The SMILES string of the molecule is C[C@H]1CCCN(Cc2cc3c(c(C(F)(F)F)c2)CN(c2cccc([C@]4(c5nncn5C)C[C@@H](C#N)C4)c2)C3=O)C1. The van der Waals surface area contributed by atoms with E-state index in [0.717, 1.165) is 37.3 Å². The number of alkyl halides is 3. The Morgan fingerprint density at radius 3 is 2.67 bits per heavy atom. The lowest BCUT2D eigenvalue weighted by molar-refractivity contribution is -0.138. The van der Waals surface area contributed by atoms with E-state index in [9.17, 15) is 23.2 Å². The third-order valence-corrected chi connectivity index (χ3v) is 8.78. The van der Waals surface area contributed by atoms with E-state index in [4.69, 9.17) is 0 Å². The lowest BCUT2D eigenvalue weighted by atomic mass is 9.58. The molecule has 1 saturated carbocycles. The van der Waals surface area contributed by atoms with Gasteiger partial charge in [-0.2, -0.15) is 18.4 Å². The van der Waals surface area contributed by atoms with Gasteiger partial charge in [0.15, 0.2) is 0 Å². The minimum Gasteiger partial charge on any atom is -0.320 e. The smallest absolute Gasteiger partial charge is 0.320 e. The number of likely N-dealkylation sites (tertiary alicyclic amines) is 1. The van der Waals surface area contributed by atoms with Gasteiger partial charge in [0.05, 0.1) is 23.6 Å². The van der Waals surface area contributed by atoms with Crippen LogP contribution >= 0.6 is 0 Å². The second-order valence-electron chi connectivity index (χ2n) is 11.7. The van der Waals surface area contributed by atoms with E-state index in [0.29, 0.717) is 36.6 Å². The van der Waals surface area contributed by atoms with Crippen molar-refractivity contribution in [3.8, 4) is 6.07 Å². The van der Waals surface area contributed by atoms with Gasteiger partial charge in [-0.15, -0.1) is 10.2 Å². The molecule has 1 saturated heterocycles. The summed E-state index contributed by atoms with van der Waals surface area (Å²) in [5, 5.41) is 17.8. The molecule has 0 spiro atoms. The minimum absolute atomic E-state index is 0.0230. The zero-order chi connectivity index (χ0) is 28.2. The first-order valence-electron chi connectivity index (χ1n) is 13.7. The molecule has 40 heavy (non-hydrogen) atoms. The van der Waals surface area contributed by atoms with Crippen LogP contribution in [0.15, 0.2) is 42.7 Å². The molecule has 10 heteroatoms. The summed E-state index contributed by atoms with van der Waals surface area (Å²) in [5.41, 5.74) is 0.775. The minimum atomic E-state index is -4.57. The number of fused-ring (bicyclic) bond motifs is 1. The van der Waals surface area contributed by atoms with Crippen molar-refractivity contribution in [3.05, 3.63) is 76.4 Å². The quantitative estimate of drug-likeness (QED) is 0.424. The number of hydrogen-bond donors (Lipinski definition) is 0. The summed E-state index contributed by atoms with van der Waals surface area (Å²) in [5.74, 6) is 0.665. The third-order valence-electron chi connectivity index (χ3n) is 8.78. The maximum Gasteiger partial charge on any atom is 0.416 e. The van der Waals surface area contributed by atoms with Crippen LogP contribution in [-0.2, 0) is 31.7 Å². The van der Waals surface area contributed by atoms with Crippen LogP contribution in [0.3, 0.4) is 0 Å². The van der Waals surface area contributed by atoms with Crippen LogP contribution in [0.5, 0.6) is 0 Å². The normalized spacial score (nSPS) is 25.0. The van der Waals surface area contributed by atoms with E-state index in [1.54, 1.807) is 18.5 Å². The van der Waals surface area contributed by atoms with Crippen molar-refractivity contribution in [2.75, 3.05) is 18.0 Å². The van der Waals surface area contributed by atoms with Crippen LogP contribution in [-0.4, -0.2) is 38.7 Å². The van der Waals surface area contributed by atoms with E-state index >= 15 is 0 Å². The fourth-order valence-corrected chi connectivity index (χ4v) is 6.82. The number of piperidine rings is 1. The van der Waals surface area contributed by atoms with E-state index in [1.807, 2.05) is 29.8 Å². The van der Waals surface area contributed by atoms with Crippen molar-refractivity contribution in [2.24, 2.45) is 18.9 Å². The van der Waals surface area contributed by atoms with Crippen LogP contribution < -0.4 is 4.90 Å². The highest BCUT2D eigenvalue weighted by Gasteiger charge is 2.50. The molecule has 0 bridgehead atoms. The number of nitriles is 1. The summed E-state index contributed by atoms with van der Waals surface area (Å²) < 4.78 is 44.7. The zero-order valence-electron chi connectivity index (χ0n) is 22.6. The Hall–Kier alpha value is -3.71. The molecule has 1 atom stereocenters. The van der Waals surface area contributed by atoms with Crippen LogP contribution in [0.1, 0.15) is 71.0 Å².